The van der Waals surface area contributed by atoms with Gasteiger partial charge in [0, 0.05) is 52.0 Å². The van der Waals surface area contributed by atoms with Gasteiger partial charge in [-0.15, -0.1) is 0 Å². The Hall–Kier alpha value is -3.34. The predicted molar refractivity (Wildman–Crippen MR) is 248 cm³/mol. The molecule has 2 saturated heterocycles. The van der Waals surface area contributed by atoms with Crippen LogP contribution in [0.5, 0.6) is 0 Å². The number of esters is 1. The third-order valence-corrected chi connectivity index (χ3v) is 14.8. The first-order chi connectivity index (χ1) is 31.3. The molecule has 3 N–H and O–H groups in total. The summed E-state index contributed by atoms with van der Waals surface area (Å²) in [7, 11) is 4.71. The number of hydrogen-bond acceptors (Lipinski definition) is 13. The van der Waals surface area contributed by atoms with Crippen molar-refractivity contribution in [2.24, 2.45) is 29.6 Å². The highest BCUT2D eigenvalue weighted by Gasteiger charge is 2.56. The zero-order valence-corrected chi connectivity index (χ0v) is 41.1. The van der Waals surface area contributed by atoms with Crippen LogP contribution in [-0.4, -0.2) is 133 Å². The summed E-state index contributed by atoms with van der Waals surface area (Å²) in [4.78, 5) is 58.4. The number of aryl methyl sites for hydroxylation is 1. The van der Waals surface area contributed by atoms with Gasteiger partial charge in [-0.2, -0.15) is 0 Å². The zero-order chi connectivity index (χ0) is 48.5. The minimum Gasteiger partial charge on any atom is -0.456 e. The standard InChI is InChI=1S/C52H79NO13/c1-11-37-23-31(3)21-32(4)24-45(62-9)48-46(63-10)26-34(6)52(60,66-48)49(57)50(58)53-20-13-12-17-39(53)51(59)65-47(35(7)40(54)28-41(37)55)33(5)25-36-18-19-43(44(27-36)61-8)64-29-42(56)38-16-14-15-30(2)22-38/h14-16,22-23,25,32,34-37,39-40,42-48,54,56,60H,11-13,17-21,24,26-29H2,1-10H3/b31-23+,33-25?. The number of hydrogen-bond donors (Lipinski definition) is 3. The van der Waals surface area contributed by atoms with Crippen molar-refractivity contribution >= 4 is 23.4 Å². The Morgan fingerprint density at radius 3 is 2.29 bits per heavy atom. The number of ketones is 2. The number of methoxy groups -OCH3 is 3. The lowest BCUT2D eigenvalue weighted by Gasteiger charge is -2.47. The highest BCUT2D eigenvalue weighted by Crippen LogP contribution is 2.39. The molecule has 0 spiro atoms. The summed E-state index contributed by atoms with van der Waals surface area (Å²) in [6.07, 6.45) is 3.40. The maximum Gasteiger partial charge on any atom is 0.329 e. The number of rotatable bonds is 10. The van der Waals surface area contributed by atoms with E-state index in [0.717, 1.165) is 16.7 Å². The van der Waals surface area contributed by atoms with Crippen LogP contribution in [0.4, 0.5) is 0 Å². The van der Waals surface area contributed by atoms with Gasteiger partial charge in [-0.25, -0.2) is 4.79 Å². The second-order valence-corrected chi connectivity index (χ2v) is 19.9. The van der Waals surface area contributed by atoms with Crippen LogP contribution in [0.15, 0.2) is 47.6 Å². The lowest BCUT2D eigenvalue weighted by atomic mass is 9.81. The molecular weight excluding hydrogens is 847 g/mol. The number of benzene rings is 1. The molecule has 1 aromatic carbocycles. The summed E-state index contributed by atoms with van der Waals surface area (Å²) in [5.41, 5.74) is 3.49. The van der Waals surface area contributed by atoms with Gasteiger partial charge in [-0.3, -0.25) is 14.4 Å². The number of cyclic esters (lactones) is 1. The van der Waals surface area contributed by atoms with Crippen LogP contribution in [0.1, 0.15) is 129 Å². The Morgan fingerprint density at radius 1 is 0.924 bits per heavy atom. The van der Waals surface area contributed by atoms with E-state index in [4.69, 9.17) is 28.4 Å². The second-order valence-electron chi connectivity index (χ2n) is 19.9. The number of carbonyl (C=O) groups is 4. The normalized spacial score (nSPS) is 37.5. The number of piperidine rings is 1. The minimum absolute atomic E-state index is 0.0193. The fourth-order valence-corrected chi connectivity index (χ4v) is 10.8. The molecule has 66 heavy (non-hydrogen) atoms. The minimum atomic E-state index is -2.52. The number of Topliss-reactive ketones (excluding diaryl/α,β-unsaturated/α-hetero) is 2. The largest absolute Gasteiger partial charge is 0.456 e. The van der Waals surface area contributed by atoms with E-state index in [1.54, 1.807) is 21.0 Å². The molecule has 1 amide bonds. The Labute approximate surface area is 392 Å². The number of amides is 1. The lowest BCUT2D eigenvalue weighted by molar-refractivity contribution is -0.302. The molecule has 15 unspecified atom stereocenters. The van der Waals surface area contributed by atoms with Gasteiger partial charge in [0.2, 0.25) is 5.79 Å². The molecule has 1 aliphatic carbocycles. The van der Waals surface area contributed by atoms with Crippen molar-refractivity contribution < 1.29 is 62.9 Å². The molecule has 3 aliphatic heterocycles. The van der Waals surface area contributed by atoms with Crippen LogP contribution >= 0.6 is 0 Å². The average Bonchev–Trinajstić information content (AvgIpc) is 3.30. The zero-order valence-electron chi connectivity index (χ0n) is 41.1. The number of allylic oxidation sites excluding steroid dienone is 3. The average molecular weight is 926 g/mol. The first kappa shape index (κ1) is 53.6. The Bertz CT molecular complexity index is 1870. The van der Waals surface area contributed by atoms with E-state index in [-0.39, 0.29) is 62.2 Å². The van der Waals surface area contributed by atoms with Gasteiger partial charge in [0.15, 0.2) is 0 Å². The summed E-state index contributed by atoms with van der Waals surface area (Å²) < 4.78 is 36.6. The van der Waals surface area contributed by atoms with Crippen molar-refractivity contribution in [3.05, 3.63) is 58.7 Å². The van der Waals surface area contributed by atoms with Crippen molar-refractivity contribution in [3.8, 4) is 0 Å². The molecule has 15 atom stereocenters. The lowest BCUT2D eigenvalue weighted by Crippen LogP contribution is -2.64. The van der Waals surface area contributed by atoms with Crippen LogP contribution < -0.4 is 0 Å². The van der Waals surface area contributed by atoms with E-state index in [1.807, 2.05) is 64.1 Å². The molecule has 1 saturated carbocycles. The van der Waals surface area contributed by atoms with E-state index in [2.05, 4.69) is 6.92 Å². The first-order valence-corrected chi connectivity index (χ1v) is 24.3. The van der Waals surface area contributed by atoms with Gasteiger partial charge in [-0.1, -0.05) is 75.2 Å². The second kappa shape index (κ2) is 24.3. The SMILES string of the molecule is CCC1/C=C(\C)CC(C)CC(OC)C2OC(O)(C(=O)C(=O)N3CCCCC3C(=O)OC(C(C)=CC3CCC(OCC(O)c4cccc(C)c4)C(OC)C3)C(C)C(O)CC1=O)C(C)CC2OC. The van der Waals surface area contributed by atoms with Crippen LogP contribution in [0.3, 0.4) is 0 Å². The summed E-state index contributed by atoms with van der Waals surface area (Å²) in [5.74, 6) is -7.62. The number of aliphatic hydroxyl groups is 3. The number of ether oxygens (including phenoxy) is 6. The topological polar surface area (TPSA) is 188 Å². The van der Waals surface area contributed by atoms with Crippen LogP contribution in [0, 0.1) is 36.5 Å². The number of aliphatic hydroxyl groups excluding tert-OH is 2. The quantitative estimate of drug-likeness (QED) is 0.131. The van der Waals surface area contributed by atoms with Gasteiger partial charge < -0.3 is 48.6 Å². The number of fused-ring (bicyclic) bond motifs is 3. The van der Waals surface area contributed by atoms with E-state index < -0.39 is 83.9 Å². The van der Waals surface area contributed by atoms with Crippen LogP contribution in [0.2, 0.25) is 0 Å². The third kappa shape index (κ3) is 13.0. The molecule has 14 heteroatoms. The van der Waals surface area contributed by atoms with Gasteiger partial charge in [-0.05, 0) is 108 Å². The van der Waals surface area contributed by atoms with Gasteiger partial charge >= 0.3 is 5.97 Å². The molecule has 3 heterocycles. The van der Waals surface area contributed by atoms with Gasteiger partial charge in [0.1, 0.15) is 30.1 Å². The van der Waals surface area contributed by atoms with Gasteiger partial charge in [0.05, 0.1) is 37.1 Å². The molecule has 0 radical (unpaired) electrons. The molecule has 2 bridgehead atoms. The Balaban J connectivity index is 1.45. The number of nitrogens with zero attached hydrogens (tertiary/aromatic N) is 1. The fraction of sp³-hybridized carbons (Fsp3) is 0.731. The number of carbonyl (C=O) groups excluding carboxylic acids is 4. The summed E-state index contributed by atoms with van der Waals surface area (Å²) >= 11 is 0. The molecular formula is C52H79NO13. The van der Waals surface area contributed by atoms with Crippen molar-refractivity contribution in [1.29, 1.82) is 0 Å². The predicted octanol–water partition coefficient (Wildman–Crippen LogP) is 6.54. The van der Waals surface area contributed by atoms with Crippen LogP contribution in [0.25, 0.3) is 0 Å². The van der Waals surface area contributed by atoms with Crippen LogP contribution in [-0.2, 0) is 47.6 Å². The van der Waals surface area contributed by atoms with E-state index in [9.17, 15) is 34.5 Å². The third-order valence-electron chi connectivity index (χ3n) is 14.8. The maximum atomic E-state index is 14.5. The molecule has 1 aromatic rings. The highest BCUT2D eigenvalue weighted by atomic mass is 16.7. The van der Waals surface area contributed by atoms with Gasteiger partial charge in [0.25, 0.3) is 11.7 Å². The first-order valence-electron chi connectivity index (χ1n) is 24.3. The monoisotopic (exact) mass is 926 g/mol. The molecule has 4 aliphatic rings. The smallest absolute Gasteiger partial charge is 0.329 e. The van der Waals surface area contributed by atoms with Crippen molar-refractivity contribution in [2.45, 2.75) is 180 Å². The van der Waals surface area contributed by atoms with E-state index in [1.165, 1.54) is 19.1 Å². The fourth-order valence-electron chi connectivity index (χ4n) is 10.8. The molecule has 3 fully saturated rings. The summed E-state index contributed by atoms with van der Waals surface area (Å²) in [6, 6.07) is 6.55. The Morgan fingerprint density at radius 2 is 1.62 bits per heavy atom. The highest BCUT2D eigenvalue weighted by molar-refractivity contribution is 6.39. The summed E-state index contributed by atoms with van der Waals surface area (Å²) in [5, 5.41) is 34.8. The molecule has 0 aromatic heterocycles. The van der Waals surface area contributed by atoms with Crippen molar-refractivity contribution in [1.82, 2.24) is 4.90 Å². The Kier molecular flexibility index (Phi) is 19.7. The van der Waals surface area contributed by atoms with Crippen molar-refractivity contribution in [3.63, 3.8) is 0 Å². The van der Waals surface area contributed by atoms with E-state index in [0.29, 0.717) is 56.9 Å². The maximum absolute atomic E-state index is 14.5. The van der Waals surface area contributed by atoms with Crippen molar-refractivity contribution in [2.75, 3.05) is 34.5 Å². The molecule has 5 rings (SSSR count). The molecule has 370 valence electrons. The summed E-state index contributed by atoms with van der Waals surface area (Å²) in [6.45, 7) is 13.4. The molecule has 14 nitrogen and oxygen atoms in total. The van der Waals surface area contributed by atoms with E-state index >= 15 is 0 Å².